The summed E-state index contributed by atoms with van der Waals surface area (Å²) in [6.45, 7) is 17.2. The Morgan fingerprint density at radius 1 is 0.867 bits per heavy atom. The van der Waals surface area contributed by atoms with E-state index in [1.807, 2.05) is 0 Å². The van der Waals surface area contributed by atoms with Crippen LogP contribution in [-0.4, -0.2) is 83.8 Å². The summed E-state index contributed by atoms with van der Waals surface area (Å²) < 4.78 is 16.9. The molecule has 30 heavy (non-hydrogen) atoms. The minimum absolute atomic E-state index is 0.202. The smallest absolute Gasteiger partial charge is 0.0701 e. The van der Waals surface area contributed by atoms with Crippen LogP contribution in [0.25, 0.3) is 0 Å². The number of likely N-dealkylation sites (N-methyl/N-ethyl adjacent to an activating group) is 1. The lowest BCUT2D eigenvalue weighted by atomic mass is 9.90. The molecule has 182 valence electrons. The molecule has 0 saturated carbocycles. The molecular formula is C23H52N4O3. The van der Waals surface area contributed by atoms with E-state index < -0.39 is 0 Å². The van der Waals surface area contributed by atoms with Crippen molar-refractivity contribution in [1.82, 2.24) is 15.6 Å². The highest BCUT2D eigenvalue weighted by Gasteiger charge is 2.09. The highest BCUT2D eigenvalue weighted by atomic mass is 16.5. The first-order valence-electron chi connectivity index (χ1n) is 12.0. The van der Waals surface area contributed by atoms with Crippen LogP contribution in [-0.2, 0) is 14.2 Å². The van der Waals surface area contributed by atoms with Crippen LogP contribution in [0.4, 0.5) is 0 Å². The van der Waals surface area contributed by atoms with Gasteiger partial charge in [-0.25, -0.2) is 0 Å². The number of hydrogen-bond acceptors (Lipinski definition) is 7. The van der Waals surface area contributed by atoms with Crippen LogP contribution in [0.1, 0.15) is 66.2 Å². The first-order chi connectivity index (χ1) is 14.4. The monoisotopic (exact) mass is 432 g/mol. The third-order valence-electron chi connectivity index (χ3n) is 5.01. The molecule has 0 saturated heterocycles. The molecule has 7 heteroatoms. The van der Waals surface area contributed by atoms with Gasteiger partial charge in [-0.1, -0.05) is 40.5 Å². The van der Waals surface area contributed by atoms with Gasteiger partial charge < -0.3 is 24.4 Å². The fourth-order valence-corrected chi connectivity index (χ4v) is 2.93. The van der Waals surface area contributed by atoms with Crippen molar-refractivity contribution >= 4 is 0 Å². The lowest BCUT2D eigenvalue weighted by molar-refractivity contribution is 0.0377. The van der Waals surface area contributed by atoms with E-state index in [-0.39, 0.29) is 6.04 Å². The predicted molar refractivity (Wildman–Crippen MR) is 127 cm³/mol. The Morgan fingerprint density at radius 3 is 2.23 bits per heavy atom. The van der Waals surface area contributed by atoms with Gasteiger partial charge in [0.2, 0.25) is 0 Å². The van der Waals surface area contributed by atoms with Crippen molar-refractivity contribution in [2.45, 2.75) is 72.3 Å². The summed E-state index contributed by atoms with van der Waals surface area (Å²) in [6, 6.07) is 0.202. The molecule has 0 heterocycles. The predicted octanol–water partition coefficient (Wildman–Crippen LogP) is 2.80. The molecule has 0 aromatic heterocycles. The average Bonchev–Trinajstić information content (AvgIpc) is 2.70. The fraction of sp³-hybridized carbons (Fsp3) is 1.00. The van der Waals surface area contributed by atoms with Crippen molar-refractivity contribution in [3.8, 4) is 0 Å². The van der Waals surface area contributed by atoms with E-state index in [9.17, 15) is 0 Å². The van der Waals surface area contributed by atoms with Crippen LogP contribution in [0, 0.1) is 5.41 Å². The van der Waals surface area contributed by atoms with Crippen LogP contribution in [0.3, 0.4) is 0 Å². The Bertz CT molecular complexity index is 354. The maximum Gasteiger partial charge on any atom is 0.0701 e. The van der Waals surface area contributed by atoms with Gasteiger partial charge in [0.15, 0.2) is 0 Å². The average molecular weight is 433 g/mol. The Balaban J connectivity index is 3.41. The Labute approximate surface area is 186 Å². The second-order valence-electron chi connectivity index (χ2n) is 9.37. The first kappa shape index (κ1) is 29.7. The summed E-state index contributed by atoms with van der Waals surface area (Å²) in [7, 11) is 2.17. The van der Waals surface area contributed by atoms with E-state index in [0.717, 1.165) is 58.8 Å². The number of unbranched alkanes of at least 4 members (excludes halogenated alkanes) is 2. The molecule has 0 aromatic rings. The molecule has 1 unspecified atom stereocenters. The zero-order valence-corrected chi connectivity index (χ0v) is 20.6. The van der Waals surface area contributed by atoms with Gasteiger partial charge in [0.25, 0.3) is 0 Å². The van der Waals surface area contributed by atoms with Gasteiger partial charge in [-0.15, -0.1) is 0 Å². The number of ether oxygens (including phenoxy) is 3. The minimum atomic E-state index is 0.202. The Hall–Kier alpha value is -0.280. The maximum atomic E-state index is 5.68. The molecule has 0 spiro atoms. The molecule has 1 atom stereocenters. The first-order valence-corrected chi connectivity index (χ1v) is 12.0. The third kappa shape index (κ3) is 22.4. The van der Waals surface area contributed by atoms with Gasteiger partial charge in [0.05, 0.1) is 26.4 Å². The molecule has 0 aromatic carbocycles. The minimum Gasteiger partial charge on any atom is -0.380 e. The summed E-state index contributed by atoms with van der Waals surface area (Å²) in [5, 5.41) is 3.37. The van der Waals surface area contributed by atoms with Crippen molar-refractivity contribution in [2.75, 3.05) is 72.9 Å². The highest BCUT2D eigenvalue weighted by molar-refractivity contribution is 4.66. The van der Waals surface area contributed by atoms with Gasteiger partial charge in [-0.05, 0) is 44.7 Å². The number of nitrogens with two attached hydrogens (primary N) is 1. The van der Waals surface area contributed by atoms with Crippen molar-refractivity contribution in [3.05, 3.63) is 0 Å². The lowest BCUT2D eigenvalue weighted by Gasteiger charge is -2.20. The number of nitrogens with one attached hydrogen (secondary N) is 2. The summed E-state index contributed by atoms with van der Waals surface area (Å²) in [5.74, 6) is 5.62. The molecule has 0 rings (SSSR count). The van der Waals surface area contributed by atoms with Gasteiger partial charge >= 0.3 is 0 Å². The van der Waals surface area contributed by atoms with E-state index in [2.05, 4.69) is 50.4 Å². The van der Waals surface area contributed by atoms with Gasteiger partial charge in [-0.2, -0.15) is 0 Å². The van der Waals surface area contributed by atoms with Crippen LogP contribution in [0.15, 0.2) is 0 Å². The van der Waals surface area contributed by atoms with Crippen LogP contribution in [0.2, 0.25) is 0 Å². The molecule has 0 bridgehead atoms. The quantitative estimate of drug-likeness (QED) is 0.138. The molecular weight excluding hydrogens is 380 g/mol. The second kappa shape index (κ2) is 20.6. The van der Waals surface area contributed by atoms with Crippen LogP contribution in [0.5, 0.6) is 0 Å². The SMILES string of the molecule is CCCCOCCNCC(CCOCCOCCN(C)CCCCC(C)(C)C)NN. The van der Waals surface area contributed by atoms with Crippen molar-refractivity contribution < 1.29 is 14.2 Å². The van der Waals surface area contributed by atoms with Gasteiger partial charge in [0.1, 0.15) is 0 Å². The largest absolute Gasteiger partial charge is 0.380 e. The van der Waals surface area contributed by atoms with Crippen molar-refractivity contribution in [3.63, 3.8) is 0 Å². The summed E-state index contributed by atoms with van der Waals surface area (Å²) >= 11 is 0. The molecule has 0 aliphatic rings. The number of hydrazine groups is 1. The van der Waals surface area contributed by atoms with Gasteiger partial charge in [-0.3, -0.25) is 11.3 Å². The Morgan fingerprint density at radius 2 is 1.57 bits per heavy atom. The van der Waals surface area contributed by atoms with Crippen LogP contribution >= 0.6 is 0 Å². The van der Waals surface area contributed by atoms with Gasteiger partial charge in [0, 0.05) is 38.9 Å². The van der Waals surface area contributed by atoms with E-state index in [1.165, 1.54) is 25.7 Å². The normalized spacial score (nSPS) is 13.3. The van der Waals surface area contributed by atoms with E-state index in [1.54, 1.807) is 0 Å². The second-order valence-corrected chi connectivity index (χ2v) is 9.37. The van der Waals surface area contributed by atoms with E-state index in [4.69, 9.17) is 20.1 Å². The Kier molecular flexibility index (Phi) is 20.4. The number of rotatable bonds is 22. The lowest BCUT2D eigenvalue weighted by Crippen LogP contribution is -2.44. The fourth-order valence-electron chi connectivity index (χ4n) is 2.93. The van der Waals surface area contributed by atoms with Crippen LogP contribution < -0.4 is 16.6 Å². The van der Waals surface area contributed by atoms with Crippen molar-refractivity contribution in [1.29, 1.82) is 0 Å². The molecule has 4 N–H and O–H groups in total. The van der Waals surface area contributed by atoms with E-state index >= 15 is 0 Å². The summed E-state index contributed by atoms with van der Waals surface area (Å²) in [6.07, 6.45) is 7.02. The standard InChI is InChI=1S/C23H52N4O3/c1-6-7-15-28-17-12-25-21-22(26-24)10-16-29-19-20-30-18-14-27(5)13-9-8-11-23(2,3)4/h22,25-26H,6-21,24H2,1-5H3. The molecule has 0 aliphatic heterocycles. The zero-order valence-electron chi connectivity index (χ0n) is 20.6. The highest BCUT2D eigenvalue weighted by Crippen LogP contribution is 2.21. The molecule has 0 amide bonds. The number of hydrogen-bond donors (Lipinski definition) is 3. The molecule has 0 aliphatic carbocycles. The maximum absolute atomic E-state index is 5.68. The molecule has 7 nitrogen and oxygen atoms in total. The molecule has 0 radical (unpaired) electrons. The summed E-state index contributed by atoms with van der Waals surface area (Å²) in [4.78, 5) is 2.35. The topological polar surface area (TPSA) is 81.0 Å². The third-order valence-corrected chi connectivity index (χ3v) is 5.01. The number of nitrogens with zero attached hydrogens (tertiary/aromatic N) is 1. The zero-order chi connectivity index (χ0) is 22.5. The molecule has 0 fully saturated rings. The summed E-state index contributed by atoms with van der Waals surface area (Å²) in [5.41, 5.74) is 3.29. The van der Waals surface area contributed by atoms with Crippen molar-refractivity contribution in [2.24, 2.45) is 11.3 Å². The van der Waals surface area contributed by atoms with E-state index in [0.29, 0.717) is 25.2 Å².